The normalized spacial score (nSPS) is 10.6. The van der Waals surface area contributed by atoms with Gasteiger partial charge >= 0.3 is 0 Å². The van der Waals surface area contributed by atoms with Crippen LogP contribution < -0.4 is 10.1 Å². The number of halogens is 3. The van der Waals surface area contributed by atoms with Crippen molar-refractivity contribution in [3.63, 3.8) is 0 Å². The van der Waals surface area contributed by atoms with Crippen LogP contribution in [0.1, 0.15) is 10.4 Å². The van der Waals surface area contributed by atoms with E-state index < -0.39 is 0 Å². The number of hydrogen-bond donors (Lipinski definition) is 1. The Hall–Kier alpha value is -1.71. The zero-order chi connectivity index (χ0) is 18.0. The van der Waals surface area contributed by atoms with Crippen LogP contribution >= 0.6 is 45.5 Å². The molecule has 0 fully saturated rings. The van der Waals surface area contributed by atoms with Gasteiger partial charge in [-0.2, -0.15) is 0 Å². The monoisotopic (exact) mass is 488 g/mol. The second kappa shape index (κ2) is 7.67. The van der Waals surface area contributed by atoms with Crippen molar-refractivity contribution in [2.75, 3.05) is 12.4 Å². The van der Waals surface area contributed by atoms with Crippen LogP contribution in [0.3, 0.4) is 0 Å². The Kier molecular flexibility index (Phi) is 5.55. The number of nitrogens with one attached hydrogen (secondary N) is 1. The van der Waals surface area contributed by atoms with Gasteiger partial charge in [0.2, 0.25) is 0 Å². The van der Waals surface area contributed by atoms with Crippen molar-refractivity contribution in [3.05, 3.63) is 61.8 Å². The molecule has 0 aliphatic rings. The molecule has 1 N–H and O–H groups in total. The summed E-state index contributed by atoms with van der Waals surface area (Å²) in [5.74, 6) is -0.132. The third-order valence-corrected chi connectivity index (χ3v) is 5.29. The first-order valence-electron chi connectivity index (χ1n) is 7.04. The van der Waals surface area contributed by atoms with Gasteiger partial charge in [0.15, 0.2) is 5.13 Å². The van der Waals surface area contributed by atoms with Crippen molar-refractivity contribution >= 4 is 56.6 Å². The topological polar surface area (TPSA) is 51.2 Å². The van der Waals surface area contributed by atoms with E-state index in [1.165, 1.54) is 29.5 Å². The Morgan fingerprint density at radius 1 is 1.32 bits per heavy atom. The number of rotatable bonds is 4. The molecule has 3 aromatic rings. The van der Waals surface area contributed by atoms with Crippen molar-refractivity contribution in [1.29, 1.82) is 0 Å². The Labute approximate surface area is 166 Å². The molecule has 0 aliphatic carbocycles. The minimum Gasteiger partial charge on any atom is -0.495 e. The molecule has 0 radical (unpaired) electrons. The number of amides is 1. The van der Waals surface area contributed by atoms with Gasteiger partial charge in [0.25, 0.3) is 5.91 Å². The van der Waals surface area contributed by atoms with E-state index in [0.29, 0.717) is 30.7 Å². The Bertz CT molecular complexity index is 948. The van der Waals surface area contributed by atoms with Crippen LogP contribution in [0.2, 0.25) is 5.02 Å². The first-order chi connectivity index (χ1) is 12.0. The molecule has 128 valence electrons. The summed E-state index contributed by atoms with van der Waals surface area (Å²) in [6.45, 7) is 0. The average Bonchev–Trinajstić information content (AvgIpc) is 3.03. The van der Waals surface area contributed by atoms with Crippen molar-refractivity contribution in [3.8, 4) is 17.0 Å². The lowest BCUT2D eigenvalue weighted by molar-refractivity contribution is 0.102. The van der Waals surface area contributed by atoms with E-state index in [-0.39, 0.29) is 11.7 Å². The summed E-state index contributed by atoms with van der Waals surface area (Å²) in [7, 11) is 1.55. The van der Waals surface area contributed by atoms with Crippen LogP contribution in [0.4, 0.5) is 9.52 Å². The summed E-state index contributed by atoms with van der Waals surface area (Å²) < 4.78 is 18.8. The third-order valence-electron chi connectivity index (χ3n) is 3.35. The first kappa shape index (κ1) is 18.1. The number of ether oxygens (including phenoxy) is 1. The smallest absolute Gasteiger partial charge is 0.258 e. The zero-order valence-electron chi connectivity index (χ0n) is 12.8. The second-order valence-corrected chi connectivity index (χ2v) is 7.39. The minimum atomic E-state index is -0.381. The highest BCUT2D eigenvalue weighted by molar-refractivity contribution is 14.1. The molecule has 0 atom stereocenters. The van der Waals surface area contributed by atoms with Crippen molar-refractivity contribution < 1.29 is 13.9 Å². The predicted octanol–water partition coefficient (Wildman–Crippen LogP) is 5.47. The number of carbonyl (C=O) groups excluding carboxylic acids is 1. The van der Waals surface area contributed by atoms with Crippen LogP contribution in [-0.2, 0) is 0 Å². The molecule has 0 aliphatic heterocycles. The molecule has 4 nitrogen and oxygen atoms in total. The summed E-state index contributed by atoms with van der Waals surface area (Å²) >= 11 is 9.35. The molecule has 0 saturated heterocycles. The molecule has 0 unspecified atom stereocenters. The van der Waals surface area contributed by atoms with Crippen molar-refractivity contribution in [2.45, 2.75) is 0 Å². The van der Waals surface area contributed by atoms with E-state index in [1.54, 1.807) is 19.2 Å². The second-order valence-electron chi connectivity index (χ2n) is 4.97. The van der Waals surface area contributed by atoms with Gasteiger partial charge in [0.1, 0.15) is 11.6 Å². The first-order valence-corrected chi connectivity index (χ1v) is 9.37. The quantitative estimate of drug-likeness (QED) is 0.496. The number of aromatic nitrogens is 1. The van der Waals surface area contributed by atoms with Crippen LogP contribution in [-0.4, -0.2) is 18.0 Å². The number of nitrogens with zero attached hydrogens (tertiary/aromatic N) is 1. The SMILES string of the molecule is COc1ccc(-c2csc(NC(=O)c3ccc(F)cc3I)n2)cc1Cl. The average molecular weight is 489 g/mol. The van der Waals surface area contributed by atoms with E-state index in [1.807, 2.05) is 34.0 Å². The fourth-order valence-corrected chi connectivity index (χ4v) is 3.82. The Morgan fingerprint density at radius 3 is 2.80 bits per heavy atom. The zero-order valence-corrected chi connectivity index (χ0v) is 16.6. The number of methoxy groups -OCH3 is 1. The third kappa shape index (κ3) is 4.10. The number of carbonyl (C=O) groups is 1. The molecule has 0 bridgehead atoms. The van der Waals surface area contributed by atoms with Gasteiger partial charge in [0, 0.05) is 14.5 Å². The number of thiazole rings is 1. The van der Waals surface area contributed by atoms with E-state index in [9.17, 15) is 9.18 Å². The summed E-state index contributed by atoms with van der Waals surface area (Å²) in [6, 6.07) is 9.37. The highest BCUT2D eigenvalue weighted by atomic mass is 127. The molecule has 3 rings (SSSR count). The van der Waals surface area contributed by atoms with E-state index >= 15 is 0 Å². The lowest BCUT2D eigenvalue weighted by atomic mass is 10.2. The van der Waals surface area contributed by atoms with Crippen LogP contribution in [0.25, 0.3) is 11.3 Å². The molecular formula is C17H11ClFIN2O2S. The Morgan fingerprint density at radius 2 is 2.12 bits per heavy atom. The van der Waals surface area contributed by atoms with Gasteiger partial charge in [-0.05, 0) is 59.0 Å². The van der Waals surface area contributed by atoms with Gasteiger partial charge < -0.3 is 4.74 Å². The number of benzene rings is 2. The minimum absolute atomic E-state index is 0.335. The maximum absolute atomic E-state index is 13.1. The Balaban J connectivity index is 1.79. The predicted molar refractivity (Wildman–Crippen MR) is 106 cm³/mol. The highest BCUT2D eigenvalue weighted by Gasteiger charge is 2.14. The van der Waals surface area contributed by atoms with Gasteiger partial charge in [0.05, 0.1) is 23.4 Å². The highest BCUT2D eigenvalue weighted by Crippen LogP contribution is 2.32. The maximum atomic E-state index is 13.1. The summed E-state index contributed by atoms with van der Waals surface area (Å²) in [4.78, 5) is 16.7. The van der Waals surface area contributed by atoms with Gasteiger partial charge in [-0.25, -0.2) is 9.37 Å². The van der Waals surface area contributed by atoms with Crippen molar-refractivity contribution in [2.24, 2.45) is 0 Å². The largest absolute Gasteiger partial charge is 0.495 e. The lowest BCUT2D eigenvalue weighted by Crippen LogP contribution is -2.13. The molecule has 25 heavy (non-hydrogen) atoms. The standard InChI is InChI=1S/C17H11ClFIN2O2S/c1-24-15-5-2-9(6-12(15)18)14-8-25-17(21-14)22-16(23)11-4-3-10(19)7-13(11)20/h2-8H,1H3,(H,21,22,23). The molecule has 8 heteroatoms. The molecule has 1 aromatic heterocycles. The van der Waals surface area contributed by atoms with Gasteiger partial charge in [-0.1, -0.05) is 11.6 Å². The molecule has 1 amide bonds. The van der Waals surface area contributed by atoms with Crippen LogP contribution in [0.5, 0.6) is 5.75 Å². The molecular weight excluding hydrogens is 478 g/mol. The van der Waals surface area contributed by atoms with Gasteiger partial charge in [-0.15, -0.1) is 11.3 Å². The number of anilines is 1. The molecule has 0 spiro atoms. The van der Waals surface area contributed by atoms with Crippen LogP contribution in [0.15, 0.2) is 41.8 Å². The fourth-order valence-electron chi connectivity index (χ4n) is 2.13. The summed E-state index contributed by atoms with van der Waals surface area (Å²) in [6.07, 6.45) is 0. The molecule has 0 saturated carbocycles. The lowest BCUT2D eigenvalue weighted by Gasteiger charge is -2.05. The maximum Gasteiger partial charge on any atom is 0.258 e. The van der Waals surface area contributed by atoms with E-state index in [0.717, 1.165) is 5.56 Å². The molecule has 2 aromatic carbocycles. The number of hydrogen-bond acceptors (Lipinski definition) is 4. The van der Waals surface area contributed by atoms with Crippen molar-refractivity contribution in [1.82, 2.24) is 4.98 Å². The summed E-state index contributed by atoms with van der Waals surface area (Å²) in [5.41, 5.74) is 1.91. The summed E-state index contributed by atoms with van der Waals surface area (Å²) in [5, 5.41) is 5.49. The van der Waals surface area contributed by atoms with E-state index in [4.69, 9.17) is 16.3 Å². The van der Waals surface area contributed by atoms with Gasteiger partial charge in [-0.3, -0.25) is 10.1 Å². The van der Waals surface area contributed by atoms with E-state index in [2.05, 4.69) is 10.3 Å². The van der Waals surface area contributed by atoms with Crippen LogP contribution in [0, 0.1) is 9.39 Å². The molecule has 1 heterocycles. The fraction of sp³-hybridized carbons (Fsp3) is 0.0588.